The second kappa shape index (κ2) is 6.32. The van der Waals surface area contributed by atoms with Gasteiger partial charge in [0.25, 0.3) is 5.91 Å². The fraction of sp³-hybridized carbons (Fsp3) is 0.429. The van der Waals surface area contributed by atoms with Crippen molar-refractivity contribution in [2.45, 2.75) is 18.4 Å². The fourth-order valence-electron chi connectivity index (χ4n) is 2.10. The number of carboxylic acid groups (broad SMARTS) is 1. The minimum absolute atomic E-state index is 0.0779. The lowest BCUT2D eigenvalue weighted by molar-refractivity contribution is -0.138. The van der Waals surface area contributed by atoms with Crippen LogP contribution in [0, 0.1) is 0 Å². The summed E-state index contributed by atoms with van der Waals surface area (Å²) in [5.41, 5.74) is 1.38. The van der Waals surface area contributed by atoms with Crippen molar-refractivity contribution in [3.8, 4) is 5.75 Å². The zero-order valence-electron chi connectivity index (χ0n) is 11.8. The number of carbonyl (C=O) groups is 2. The van der Waals surface area contributed by atoms with Crippen LogP contribution in [0.5, 0.6) is 5.75 Å². The number of carboxylic acids is 1. The molecule has 0 aromatic heterocycles. The van der Waals surface area contributed by atoms with Crippen molar-refractivity contribution in [2.24, 2.45) is 0 Å². The SMILES string of the molecule is CC1Oc2ccc(C(Cl)CN(C)CC(=O)O)cc2NC1=O. The zero-order chi connectivity index (χ0) is 15.6. The van der Waals surface area contributed by atoms with Crippen molar-refractivity contribution >= 4 is 29.2 Å². The smallest absolute Gasteiger partial charge is 0.317 e. The van der Waals surface area contributed by atoms with E-state index in [0.717, 1.165) is 5.56 Å². The Labute approximate surface area is 127 Å². The summed E-state index contributed by atoms with van der Waals surface area (Å²) in [6.07, 6.45) is -0.517. The molecule has 0 fully saturated rings. The molecule has 2 rings (SSSR count). The summed E-state index contributed by atoms with van der Waals surface area (Å²) >= 11 is 6.30. The van der Waals surface area contributed by atoms with Gasteiger partial charge >= 0.3 is 5.97 Å². The Morgan fingerprint density at radius 3 is 2.95 bits per heavy atom. The van der Waals surface area contributed by atoms with Gasteiger partial charge in [-0.15, -0.1) is 11.6 Å². The number of benzene rings is 1. The summed E-state index contributed by atoms with van der Waals surface area (Å²) in [5.74, 6) is -0.496. The van der Waals surface area contributed by atoms with Crippen molar-refractivity contribution in [2.75, 3.05) is 25.5 Å². The summed E-state index contributed by atoms with van der Waals surface area (Å²) in [5, 5.41) is 11.1. The standard InChI is InChI=1S/C14H17ClN2O4/c1-8-14(20)16-11-5-9(3-4-12(11)21-8)10(15)6-17(2)7-13(18)19/h3-5,8,10H,6-7H2,1-2H3,(H,16,20)(H,18,19). The van der Waals surface area contributed by atoms with Gasteiger partial charge in [-0.25, -0.2) is 0 Å². The molecule has 2 unspecified atom stereocenters. The van der Waals surface area contributed by atoms with Gasteiger partial charge in [0.15, 0.2) is 6.10 Å². The largest absolute Gasteiger partial charge is 0.480 e. The van der Waals surface area contributed by atoms with Crippen LogP contribution in [0.15, 0.2) is 18.2 Å². The highest BCUT2D eigenvalue weighted by Gasteiger charge is 2.24. The molecule has 6 nitrogen and oxygen atoms in total. The first-order valence-corrected chi connectivity index (χ1v) is 6.96. The van der Waals surface area contributed by atoms with E-state index in [1.807, 2.05) is 6.07 Å². The van der Waals surface area contributed by atoms with Crippen LogP contribution in [0.25, 0.3) is 0 Å². The topological polar surface area (TPSA) is 78.9 Å². The normalized spacial score (nSPS) is 18.7. The molecular weight excluding hydrogens is 296 g/mol. The third kappa shape index (κ3) is 3.86. The molecule has 2 N–H and O–H groups in total. The predicted octanol–water partition coefficient (Wildman–Crippen LogP) is 1.70. The van der Waals surface area contributed by atoms with Crippen LogP contribution in [0.2, 0.25) is 0 Å². The van der Waals surface area contributed by atoms with Gasteiger partial charge in [0.1, 0.15) is 5.75 Å². The number of rotatable bonds is 5. The number of hydrogen-bond donors (Lipinski definition) is 2. The number of nitrogens with zero attached hydrogens (tertiary/aromatic N) is 1. The van der Waals surface area contributed by atoms with Crippen LogP contribution in [-0.4, -0.2) is 48.1 Å². The molecule has 7 heteroatoms. The van der Waals surface area contributed by atoms with E-state index >= 15 is 0 Å². The van der Waals surface area contributed by atoms with Gasteiger partial charge in [0.2, 0.25) is 0 Å². The van der Waals surface area contributed by atoms with E-state index in [2.05, 4.69) is 5.32 Å². The number of halogens is 1. The van der Waals surface area contributed by atoms with Crippen molar-refractivity contribution in [1.82, 2.24) is 4.90 Å². The number of amides is 1. The summed E-state index contributed by atoms with van der Waals surface area (Å²) in [4.78, 5) is 23.9. The van der Waals surface area contributed by atoms with Gasteiger partial charge in [-0.2, -0.15) is 0 Å². The zero-order valence-corrected chi connectivity index (χ0v) is 12.6. The number of alkyl halides is 1. The minimum Gasteiger partial charge on any atom is -0.480 e. The molecule has 0 radical (unpaired) electrons. The van der Waals surface area contributed by atoms with Gasteiger partial charge in [-0.05, 0) is 31.7 Å². The summed E-state index contributed by atoms with van der Waals surface area (Å²) in [6, 6.07) is 5.33. The number of anilines is 1. The lowest BCUT2D eigenvalue weighted by Gasteiger charge is -2.25. The van der Waals surface area contributed by atoms with Crippen LogP contribution in [0.1, 0.15) is 17.9 Å². The molecule has 0 bridgehead atoms. The van der Waals surface area contributed by atoms with Gasteiger partial charge in [-0.1, -0.05) is 6.07 Å². The number of nitrogens with one attached hydrogen (secondary N) is 1. The van der Waals surface area contributed by atoms with Crippen molar-refractivity contribution in [3.63, 3.8) is 0 Å². The number of carbonyl (C=O) groups excluding carboxylic acids is 1. The first-order chi connectivity index (χ1) is 9.86. The van der Waals surface area contributed by atoms with Gasteiger partial charge < -0.3 is 15.2 Å². The number of likely N-dealkylation sites (N-methyl/N-ethyl adjacent to an activating group) is 1. The second-order valence-electron chi connectivity index (χ2n) is 5.06. The molecule has 0 spiro atoms. The number of ether oxygens (including phenoxy) is 1. The van der Waals surface area contributed by atoms with Crippen LogP contribution in [0.4, 0.5) is 5.69 Å². The molecule has 21 heavy (non-hydrogen) atoms. The maximum Gasteiger partial charge on any atom is 0.317 e. The number of fused-ring (bicyclic) bond motifs is 1. The molecule has 0 saturated carbocycles. The number of hydrogen-bond acceptors (Lipinski definition) is 4. The first kappa shape index (κ1) is 15.6. The van der Waals surface area contributed by atoms with Gasteiger partial charge in [0, 0.05) is 6.54 Å². The van der Waals surface area contributed by atoms with Crippen molar-refractivity contribution in [3.05, 3.63) is 23.8 Å². The lowest BCUT2D eigenvalue weighted by Crippen LogP contribution is -2.34. The maximum absolute atomic E-state index is 11.6. The van der Waals surface area contributed by atoms with E-state index in [-0.39, 0.29) is 17.8 Å². The third-order valence-electron chi connectivity index (χ3n) is 3.17. The summed E-state index contributed by atoms with van der Waals surface area (Å²) in [7, 11) is 1.69. The molecular formula is C14H17ClN2O4. The molecule has 1 aromatic rings. The van der Waals surface area contributed by atoms with Crippen LogP contribution in [-0.2, 0) is 9.59 Å². The van der Waals surface area contributed by atoms with Gasteiger partial charge in [0.05, 0.1) is 17.6 Å². The summed E-state index contributed by atoms with van der Waals surface area (Å²) < 4.78 is 5.47. The third-order valence-corrected chi connectivity index (χ3v) is 3.56. The van der Waals surface area contributed by atoms with Crippen LogP contribution in [0.3, 0.4) is 0 Å². The van der Waals surface area contributed by atoms with Gasteiger partial charge in [-0.3, -0.25) is 14.5 Å². The maximum atomic E-state index is 11.6. The monoisotopic (exact) mass is 312 g/mol. The van der Waals surface area contributed by atoms with E-state index in [4.69, 9.17) is 21.4 Å². The molecule has 114 valence electrons. The molecule has 2 atom stereocenters. The predicted molar refractivity (Wildman–Crippen MR) is 78.9 cm³/mol. The van der Waals surface area contributed by atoms with Crippen molar-refractivity contribution in [1.29, 1.82) is 0 Å². The molecule has 0 aliphatic carbocycles. The highest BCUT2D eigenvalue weighted by molar-refractivity contribution is 6.21. The average Bonchev–Trinajstić information content (AvgIpc) is 2.38. The minimum atomic E-state index is -0.901. The van der Waals surface area contributed by atoms with E-state index in [1.54, 1.807) is 31.0 Å². The Morgan fingerprint density at radius 2 is 2.29 bits per heavy atom. The lowest BCUT2D eigenvalue weighted by atomic mass is 10.1. The first-order valence-electron chi connectivity index (χ1n) is 6.52. The fourth-order valence-corrected chi connectivity index (χ4v) is 2.47. The van der Waals surface area contributed by atoms with E-state index < -0.39 is 12.1 Å². The van der Waals surface area contributed by atoms with E-state index in [1.165, 1.54) is 0 Å². The molecule has 1 aliphatic heterocycles. The number of aliphatic carboxylic acids is 1. The Morgan fingerprint density at radius 1 is 1.57 bits per heavy atom. The highest BCUT2D eigenvalue weighted by atomic mass is 35.5. The summed E-state index contributed by atoms with van der Waals surface area (Å²) in [6.45, 7) is 1.99. The van der Waals surface area contributed by atoms with E-state index in [9.17, 15) is 9.59 Å². The van der Waals surface area contributed by atoms with E-state index in [0.29, 0.717) is 18.0 Å². The highest BCUT2D eigenvalue weighted by Crippen LogP contribution is 2.33. The van der Waals surface area contributed by atoms with Crippen LogP contribution >= 0.6 is 11.6 Å². The average molecular weight is 313 g/mol. The quantitative estimate of drug-likeness (QED) is 0.809. The molecule has 1 heterocycles. The molecule has 1 aliphatic rings. The Kier molecular flexibility index (Phi) is 4.69. The molecule has 1 amide bonds. The van der Waals surface area contributed by atoms with Crippen molar-refractivity contribution < 1.29 is 19.4 Å². The molecule has 0 saturated heterocycles. The molecule has 1 aromatic carbocycles. The Balaban J connectivity index is 2.09. The second-order valence-corrected chi connectivity index (χ2v) is 5.59. The Bertz CT molecular complexity index is 564. The Hall–Kier alpha value is -1.79. The van der Waals surface area contributed by atoms with Crippen LogP contribution < -0.4 is 10.1 Å².